The third-order valence-electron chi connectivity index (χ3n) is 0. The molecule has 0 rings (SSSR count). The Hall–Kier alpha value is -1.38. The molecule has 7 heavy (non-hydrogen) atoms. The van der Waals surface area contributed by atoms with Crippen molar-refractivity contribution in [2.45, 2.75) is 7.43 Å². The summed E-state index contributed by atoms with van der Waals surface area (Å²) in [6, 6.07) is 0. The first-order valence-corrected chi connectivity index (χ1v) is 0.800. The van der Waals surface area contributed by atoms with E-state index >= 15 is 0 Å². The van der Waals surface area contributed by atoms with Crippen molar-refractivity contribution in [2.75, 3.05) is 0 Å². The van der Waals surface area contributed by atoms with Gasteiger partial charge < -0.3 is 22.1 Å². The van der Waals surface area contributed by atoms with Gasteiger partial charge in [0.1, 0.15) is 0 Å². The fraction of sp³-hybridized carbons (Fsp3) is 1.00. The molecule has 0 amide bonds. The van der Waals surface area contributed by atoms with Crippen LogP contribution in [0, 0.1) is 0 Å². The molecule has 0 saturated heterocycles. The topological polar surface area (TPSA) is 117 Å². The number of nitrogens with zero attached hydrogens (tertiary/aromatic N) is 6. The van der Waals surface area contributed by atoms with Gasteiger partial charge in [-0.15, -0.1) is 0 Å². The molecule has 0 radical (unpaired) electrons. The highest BCUT2D eigenvalue weighted by molar-refractivity contribution is 4.36. The van der Waals surface area contributed by atoms with Crippen LogP contribution in [0.15, 0.2) is 0 Å². The molecule has 6 heteroatoms. The highest BCUT2D eigenvalue weighted by Crippen LogP contribution is 1.29. The normalized spacial score (nSPS) is 2.29. The van der Waals surface area contributed by atoms with Gasteiger partial charge in [0.2, 0.25) is 0 Å². The summed E-state index contributed by atoms with van der Waals surface area (Å²) in [6.07, 6.45) is 0. The van der Waals surface area contributed by atoms with Crippen LogP contribution in [0.4, 0.5) is 0 Å². The van der Waals surface area contributed by atoms with Crippen molar-refractivity contribution in [1.29, 1.82) is 0 Å². The molecule has 0 unspecified atom stereocenters. The summed E-state index contributed by atoms with van der Waals surface area (Å²) in [6.45, 7) is 0. The van der Waals surface area contributed by atoms with Crippen LogP contribution < -0.4 is 0 Å². The van der Waals surface area contributed by atoms with E-state index in [1.54, 1.807) is 0 Å². The van der Waals surface area contributed by atoms with E-state index < -0.39 is 0 Å². The summed E-state index contributed by atoms with van der Waals surface area (Å²) in [4.78, 5) is 3.00. The molecule has 0 bridgehead atoms. The van der Waals surface area contributed by atoms with Gasteiger partial charge in [-0.2, -0.15) is 0 Å². The predicted octanol–water partition coefficient (Wildman–Crippen LogP) is 2.37. The van der Waals surface area contributed by atoms with E-state index in [9.17, 15) is 0 Å². The quantitative estimate of drug-likeness (QED) is 0.252. The Kier molecular flexibility index (Phi) is 393. The smallest absolute Gasteiger partial charge is 0.0776 e. The highest BCUT2D eigenvalue weighted by Gasteiger charge is 0.691. The van der Waals surface area contributed by atoms with E-state index in [1.807, 2.05) is 0 Å². The molecule has 0 fully saturated rings. The lowest BCUT2D eigenvalue weighted by atomic mass is 12.0. The molecule has 0 atom stereocenters. The molecule has 40 valence electrons. The van der Waals surface area contributed by atoms with Gasteiger partial charge in [0.05, 0.1) is 0 Å². The molecule has 0 aromatic carbocycles. The lowest BCUT2D eigenvalue weighted by Crippen LogP contribution is -0.711. The summed E-state index contributed by atoms with van der Waals surface area (Å²) in [5, 5.41) is 0. The third-order valence-corrected chi connectivity index (χ3v) is 0. The standard InChI is InChI=1S/CH4.2N3/c;2*1-3-2/h1H4;;/q;2*-1. The maximum atomic E-state index is 6.75. The molecule has 0 aliphatic heterocycles. The molecule has 0 aromatic heterocycles. The maximum absolute atomic E-state index is 6.75. The Balaban J connectivity index is -0.0000000400. The second-order valence-corrected chi connectivity index (χ2v) is 0.179. The largest absolute Gasteiger partial charge is 0.373 e. The van der Waals surface area contributed by atoms with Gasteiger partial charge in [0.15, 0.2) is 0 Å². The van der Waals surface area contributed by atoms with E-state index in [-0.39, 0.29) is 7.43 Å². The van der Waals surface area contributed by atoms with Crippen molar-refractivity contribution in [3.63, 3.8) is 0 Å². The van der Waals surface area contributed by atoms with Crippen molar-refractivity contribution >= 4 is 0 Å². The molecule has 0 N–H and O–H groups in total. The Labute approximate surface area is 40.6 Å². The van der Waals surface area contributed by atoms with E-state index in [0.29, 0.717) is 0 Å². The molecule has 6 nitrogen and oxygen atoms in total. The van der Waals surface area contributed by atoms with Crippen LogP contribution >= 0.6 is 0 Å². The first kappa shape index (κ1) is 17.5. The SMILES string of the molecule is C.[N-]=[N+]=[N-].[N-]=[N+]=[N-]. The minimum absolute atomic E-state index is 0. The molecular formula is CH4N6-2. The van der Waals surface area contributed by atoms with E-state index in [1.165, 1.54) is 9.82 Å². The monoisotopic (exact) mass is 100 g/mol. The summed E-state index contributed by atoms with van der Waals surface area (Å²) in [5.74, 6) is 0. The molecular weight excluding hydrogens is 96.1 g/mol. The van der Waals surface area contributed by atoms with E-state index in [0.717, 1.165) is 0 Å². The fourth-order valence-corrected chi connectivity index (χ4v) is 0. The molecule has 0 aliphatic carbocycles. The summed E-state index contributed by atoms with van der Waals surface area (Å²) < 4.78 is 0. The van der Waals surface area contributed by atoms with Crippen molar-refractivity contribution in [2.24, 2.45) is 0 Å². The van der Waals surface area contributed by atoms with Crippen molar-refractivity contribution in [1.82, 2.24) is 0 Å². The van der Waals surface area contributed by atoms with Gasteiger partial charge in [-0.05, 0) is 0 Å². The van der Waals surface area contributed by atoms with Crippen LogP contribution in [0.1, 0.15) is 7.43 Å². The number of hydrogen-bond donors (Lipinski definition) is 0. The molecule has 0 aliphatic rings. The van der Waals surface area contributed by atoms with E-state index in [2.05, 4.69) is 0 Å². The Bertz CT molecular complexity index is 58.2. The zero-order valence-corrected chi connectivity index (χ0v) is 2.68. The zero-order chi connectivity index (χ0) is 5.41. The molecule has 0 spiro atoms. The Morgan fingerprint density at radius 2 is 0.714 bits per heavy atom. The lowest BCUT2D eigenvalue weighted by molar-refractivity contribution is 2.36. The van der Waals surface area contributed by atoms with Crippen LogP contribution in [0.25, 0.3) is 31.9 Å². The van der Waals surface area contributed by atoms with Crippen LogP contribution in [0.5, 0.6) is 0 Å². The summed E-state index contributed by atoms with van der Waals surface area (Å²) >= 11 is 0. The Morgan fingerprint density at radius 3 is 0.714 bits per heavy atom. The second-order valence-electron chi connectivity index (χ2n) is 0.179. The first-order chi connectivity index (χ1) is 2.83. The summed E-state index contributed by atoms with van der Waals surface area (Å²) in [5.41, 5.74) is 27.0. The van der Waals surface area contributed by atoms with Crippen molar-refractivity contribution in [3.8, 4) is 0 Å². The second kappa shape index (κ2) is 157. The average Bonchev–Trinajstić information content (AvgIpc) is 1.39. The van der Waals surface area contributed by atoms with Crippen LogP contribution in [0.2, 0.25) is 0 Å². The lowest BCUT2D eigenvalue weighted by Gasteiger charge is -1.32. The van der Waals surface area contributed by atoms with Gasteiger partial charge >= 0.3 is 0 Å². The van der Waals surface area contributed by atoms with Crippen molar-refractivity contribution < 1.29 is 0 Å². The van der Waals surface area contributed by atoms with Crippen LogP contribution in [-0.2, 0) is 0 Å². The molecule has 0 heterocycles. The predicted molar refractivity (Wildman–Crippen MR) is 26.9 cm³/mol. The summed E-state index contributed by atoms with van der Waals surface area (Å²) in [7, 11) is 0. The highest BCUT2D eigenvalue weighted by atomic mass is 15.0. The fourth-order valence-electron chi connectivity index (χ4n) is 0. The average molecular weight is 100 g/mol. The Morgan fingerprint density at radius 1 is 0.714 bits per heavy atom. The zero-order valence-electron chi connectivity index (χ0n) is 2.68. The maximum Gasteiger partial charge on any atom is -0.0776 e. The minimum Gasteiger partial charge on any atom is -0.373 e. The van der Waals surface area contributed by atoms with E-state index in [4.69, 9.17) is 22.1 Å². The molecule has 0 saturated carbocycles. The van der Waals surface area contributed by atoms with Gasteiger partial charge in [-0.1, -0.05) is 7.43 Å². The van der Waals surface area contributed by atoms with Gasteiger partial charge in [-0.25, -0.2) is 0 Å². The van der Waals surface area contributed by atoms with Gasteiger partial charge in [-0.3, -0.25) is 9.82 Å². The minimum atomic E-state index is 0. The third kappa shape index (κ3) is 16.7. The first-order valence-electron chi connectivity index (χ1n) is 0.800. The molecule has 0 aromatic rings. The van der Waals surface area contributed by atoms with Gasteiger partial charge in [0, 0.05) is 0 Å². The van der Waals surface area contributed by atoms with Crippen LogP contribution in [-0.4, -0.2) is 0 Å². The number of hydrogen-bond acceptors (Lipinski definition) is 0. The van der Waals surface area contributed by atoms with Crippen LogP contribution in [0.3, 0.4) is 0 Å². The van der Waals surface area contributed by atoms with Crippen molar-refractivity contribution in [3.05, 3.63) is 31.9 Å². The number of rotatable bonds is 0. The van der Waals surface area contributed by atoms with Gasteiger partial charge in [0.25, 0.3) is 0 Å².